The minimum Gasteiger partial charge on any atom is -0.481 e. The van der Waals surface area contributed by atoms with Crippen LogP contribution in [0.4, 0.5) is 0 Å². The minimum atomic E-state index is -0.876. The molecule has 1 N–H and O–H groups in total. The van der Waals surface area contributed by atoms with E-state index in [1.807, 2.05) is 0 Å². The van der Waals surface area contributed by atoms with Crippen molar-refractivity contribution < 1.29 is 19.4 Å². The first-order valence-corrected chi connectivity index (χ1v) is 7.33. The van der Waals surface area contributed by atoms with E-state index in [9.17, 15) is 9.59 Å². The van der Waals surface area contributed by atoms with E-state index in [4.69, 9.17) is 9.84 Å². The van der Waals surface area contributed by atoms with Crippen LogP contribution in [0.1, 0.15) is 46.5 Å². The summed E-state index contributed by atoms with van der Waals surface area (Å²) < 4.78 is 5.64. The van der Waals surface area contributed by atoms with Gasteiger partial charge in [-0.05, 0) is 37.0 Å². The van der Waals surface area contributed by atoms with Crippen LogP contribution in [0.3, 0.4) is 0 Å². The summed E-state index contributed by atoms with van der Waals surface area (Å²) in [6.07, 6.45) is 3.63. The molecular weight excluding hydrogens is 244 g/mol. The third kappa shape index (κ3) is 3.28. The molecule has 0 saturated heterocycles. The molecule has 4 nitrogen and oxygen atoms in total. The van der Waals surface area contributed by atoms with Gasteiger partial charge in [-0.3, -0.25) is 9.59 Å². The predicted molar refractivity (Wildman–Crippen MR) is 70.5 cm³/mol. The van der Waals surface area contributed by atoms with E-state index in [1.165, 1.54) is 6.42 Å². The molecule has 108 valence electrons. The second-order valence-corrected chi connectivity index (χ2v) is 6.59. The molecule has 2 fully saturated rings. The Labute approximate surface area is 114 Å². The number of carboxylic acids is 1. The second kappa shape index (κ2) is 5.51. The average Bonchev–Trinajstić information content (AvgIpc) is 3.08. The Morgan fingerprint density at radius 3 is 2.37 bits per heavy atom. The molecule has 2 aliphatic rings. The zero-order valence-corrected chi connectivity index (χ0v) is 12.0. The largest absolute Gasteiger partial charge is 0.481 e. The normalized spacial score (nSPS) is 38.0. The van der Waals surface area contributed by atoms with Gasteiger partial charge in [-0.1, -0.05) is 27.2 Å². The van der Waals surface area contributed by atoms with Crippen LogP contribution < -0.4 is 0 Å². The monoisotopic (exact) mass is 268 g/mol. The van der Waals surface area contributed by atoms with Gasteiger partial charge in [-0.15, -0.1) is 0 Å². The molecule has 0 unspecified atom stereocenters. The number of esters is 1. The van der Waals surface area contributed by atoms with E-state index in [-0.39, 0.29) is 12.1 Å². The standard InChI is InChI=1S/C15H24O4/c1-8(2)10-5-4-9(3)6-13(10)19-15(18)12-7-11(12)14(16)17/h8-13H,4-7H2,1-3H3,(H,16,17)/t9-,10+,11+,12+,13+/m1/s1. The summed E-state index contributed by atoms with van der Waals surface area (Å²) in [6, 6.07) is 0. The minimum absolute atomic E-state index is 0.0219. The molecule has 5 atom stereocenters. The molecule has 0 radical (unpaired) electrons. The van der Waals surface area contributed by atoms with Crippen LogP contribution in [-0.2, 0) is 14.3 Å². The Hall–Kier alpha value is -1.06. The van der Waals surface area contributed by atoms with E-state index in [1.54, 1.807) is 0 Å². The first-order valence-electron chi connectivity index (χ1n) is 7.33. The number of carbonyl (C=O) groups excluding carboxylic acids is 1. The molecule has 2 rings (SSSR count). The van der Waals surface area contributed by atoms with Gasteiger partial charge in [0.05, 0.1) is 11.8 Å². The summed E-state index contributed by atoms with van der Waals surface area (Å²) in [5.74, 6) is -0.575. The van der Waals surface area contributed by atoms with Crippen LogP contribution in [-0.4, -0.2) is 23.1 Å². The van der Waals surface area contributed by atoms with Gasteiger partial charge in [0.1, 0.15) is 6.10 Å². The van der Waals surface area contributed by atoms with Gasteiger partial charge >= 0.3 is 11.9 Å². The Balaban J connectivity index is 1.92. The van der Waals surface area contributed by atoms with Crippen LogP contribution >= 0.6 is 0 Å². The first kappa shape index (κ1) is 14.4. The maximum Gasteiger partial charge on any atom is 0.310 e. The molecule has 0 aromatic heterocycles. The van der Waals surface area contributed by atoms with Crippen LogP contribution in [0.15, 0.2) is 0 Å². The highest BCUT2D eigenvalue weighted by molar-refractivity contribution is 5.86. The van der Waals surface area contributed by atoms with Gasteiger partial charge in [-0.2, -0.15) is 0 Å². The molecule has 0 spiro atoms. The third-order valence-corrected chi connectivity index (χ3v) is 4.64. The van der Waals surface area contributed by atoms with E-state index >= 15 is 0 Å². The highest BCUT2D eigenvalue weighted by Gasteiger charge is 2.50. The molecule has 0 aliphatic heterocycles. The van der Waals surface area contributed by atoms with Crippen molar-refractivity contribution in [2.45, 2.75) is 52.6 Å². The lowest BCUT2D eigenvalue weighted by molar-refractivity contribution is -0.159. The Bertz CT molecular complexity index is 363. The van der Waals surface area contributed by atoms with Gasteiger partial charge in [-0.25, -0.2) is 0 Å². The smallest absolute Gasteiger partial charge is 0.310 e. The number of carboxylic acid groups (broad SMARTS) is 1. The zero-order valence-electron chi connectivity index (χ0n) is 12.0. The molecule has 0 aromatic rings. The fraction of sp³-hybridized carbons (Fsp3) is 0.867. The number of aliphatic carboxylic acids is 1. The summed E-state index contributed by atoms with van der Waals surface area (Å²) in [5, 5.41) is 8.85. The van der Waals surface area contributed by atoms with Gasteiger partial charge in [0, 0.05) is 0 Å². The predicted octanol–water partition coefficient (Wildman–Crippen LogP) is 2.71. The fourth-order valence-electron chi connectivity index (χ4n) is 3.22. The van der Waals surface area contributed by atoms with Crippen molar-refractivity contribution in [1.82, 2.24) is 0 Å². The van der Waals surface area contributed by atoms with Crippen molar-refractivity contribution in [3.63, 3.8) is 0 Å². The van der Waals surface area contributed by atoms with Crippen LogP contribution in [0.2, 0.25) is 0 Å². The van der Waals surface area contributed by atoms with Crippen molar-refractivity contribution in [2.24, 2.45) is 29.6 Å². The number of carbonyl (C=O) groups is 2. The molecule has 4 heteroatoms. The molecule has 0 amide bonds. The Morgan fingerprint density at radius 2 is 1.84 bits per heavy atom. The molecule has 0 bridgehead atoms. The van der Waals surface area contributed by atoms with Crippen molar-refractivity contribution >= 4 is 11.9 Å². The summed E-state index contributed by atoms with van der Waals surface area (Å²) in [6.45, 7) is 6.52. The van der Waals surface area contributed by atoms with Crippen LogP contribution in [0, 0.1) is 29.6 Å². The Morgan fingerprint density at radius 1 is 1.16 bits per heavy atom. The lowest BCUT2D eigenvalue weighted by Crippen LogP contribution is -2.36. The maximum absolute atomic E-state index is 12.0. The summed E-state index contributed by atoms with van der Waals surface area (Å²) in [4.78, 5) is 22.8. The quantitative estimate of drug-likeness (QED) is 0.796. The van der Waals surface area contributed by atoms with Crippen LogP contribution in [0.5, 0.6) is 0 Å². The fourth-order valence-corrected chi connectivity index (χ4v) is 3.22. The van der Waals surface area contributed by atoms with Crippen molar-refractivity contribution in [2.75, 3.05) is 0 Å². The van der Waals surface area contributed by atoms with Gasteiger partial charge < -0.3 is 9.84 Å². The van der Waals surface area contributed by atoms with Gasteiger partial charge in [0.2, 0.25) is 0 Å². The number of ether oxygens (including phenoxy) is 1. The van der Waals surface area contributed by atoms with Crippen LogP contribution in [0.25, 0.3) is 0 Å². The van der Waals surface area contributed by atoms with E-state index in [2.05, 4.69) is 20.8 Å². The Kier molecular flexibility index (Phi) is 4.16. The molecule has 19 heavy (non-hydrogen) atoms. The van der Waals surface area contributed by atoms with Gasteiger partial charge in [0.15, 0.2) is 0 Å². The van der Waals surface area contributed by atoms with Gasteiger partial charge in [0.25, 0.3) is 0 Å². The van der Waals surface area contributed by atoms with Crippen molar-refractivity contribution in [3.8, 4) is 0 Å². The number of rotatable bonds is 4. The first-order chi connectivity index (χ1) is 8.90. The van der Waals surface area contributed by atoms with E-state index in [0.29, 0.717) is 24.2 Å². The molecule has 0 aromatic carbocycles. The third-order valence-electron chi connectivity index (χ3n) is 4.64. The molecular formula is C15H24O4. The lowest BCUT2D eigenvalue weighted by Gasteiger charge is -2.36. The number of hydrogen-bond acceptors (Lipinski definition) is 3. The molecule has 0 heterocycles. The highest BCUT2D eigenvalue weighted by Crippen LogP contribution is 2.42. The SMILES string of the molecule is CC(C)[C@@H]1CC[C@@H](C)C[C@@H]1OC(=O)[C@H]1C[C@@H]1C(=O)O. The van der Waals surface area contributed by atoms with E-state index < -0.39 is 17.8 Å². The number of hydrogen-bond donors (Lipinski definition) is 1. The zero-order chi connectivity index (χ0) is 14.2. The molecule has 2 saturated carbocycles. The lowest BCUT2D eigenvalue weighted by atomic mass is 9.75. The summed E-state index contributed by atoms with van der Waals surface area (Å²) >= 11 is 0. The van der Waals surface area contributed by atoms with E-state index in [0.717, 1.165) is 12.8 Å². The topological polar surface area (TPSA) is 63.6 Å². The molecule has 2 aliphatic carbocycles. The van der Waals surface area contributed by atoms with Crippen molar-refractivity contribution in [1.29, 1.82) is 0 Å². The average molecular weight is 268 g/mol. The second-order valence-electron chi connectivity index (χ2n) is 6.59. The summed E-state index contributed by atoms with van der Waals surface area (Å²) in [7, 11) is 0. The highest BCUT2D eigenvalue weighted by atomic mass is 16.5. The maximum atomic E-state index is 12.0. The summed E-state index contributed by atoms with van der Waals surface area (Å²) in [5.41, 5.74) is 0. The van der Waals surface area contributed by atoms with Crippen molar-refractivity contribution in [3.05, 3.63) is 0 Å².